The quantitative estimate of drug-likeness (QED) is 0.524. The van der Waals surface area contributed by atoms with Gasteiger partial charge in [0.05, 0.1) is 0 Å². The second kappa shape index (κ2) is 11.1. The van der Waals surface area contributed by atoms with E-state index in [1.807, 2.05) is 54.6 Å². The maximum absolute atomic E-state index is 12.4. The van der Waals surface area contributed by atoms with Gasteiger partial charge in [-0.3, -0.25) is 0 Å². The zero-order chi connectivity index (χ0) is 20.5. The lowest BCUT2D eigenvalue weighted by Gasteiger charge is -2.13. The number of rotatable bonds is 6. The van der Waals surface area contributed by atoms with Crippen LogP contribution < -0.4 is 0 Å². The van der Waals surface area contributed by atoms with Gasteiger partial charge in [0.1, 0.15) is 0 Å². The van der Waals surface area contributed by atoms with Gasteiger partial charge in [0, 0.05) is 10.5 Å². The Kier molecular flexibility index (Phi) is 8.19. The van der Waals surface area contributed by atoms with Gasteiger partial charge in [0.2, 0.25) is 5.89 Å². The third kappa shape index (κ3) is 6.94. The largest absolute Gasteiger partial charge is 0.415 e. The smallest absolute Gasteiger partial charge is 0.314 e. The Hall–Kier alpha value is -2.25. The summed E-state index contributed by atoms with van der Waals surface area (Å²) in [6, 6.07) is 17.5. The highest BCUT2D eigenvalue weighted by atomic mass is 32.1. The SMILES string of the molecule is FC(F)c1nnc(-c2ccc(CCCN3CCCC3)cc2)o1.Sc1ccccc1. The lowest BCUT2D eigenvalue weighted by atomic mass is 10.1. The number of aryl methyl sites for hydroxylation is 1. The molecule has 4 rings (SSSR count). The first kappa shape index (κ1) is 21.5. The van der Waals surface area contributed by atoms with E-state index in [2.05, 4.69) is 27.7 Å². The third-order valence-electron chi connectivity index (χ3n) is 4.72. The van der Waals surface area contributed by atoms with E-state index >= 15 is 0 Å². The molecule has 0 spiro atoms. The molecule has 7 heteroatoms. The van der Waals surface area contributed by atoms with Gasteiger partial charge in [-0.2, -0.15) is 8.78 Å². The minimum atomic E-state index is -2.73. The van der Waals surface area contributed by atoms with Crippen molar-refractivity contribution < 1.29 is 13.2 Å². The fraction of sp³-hybridized carbons (Fsp3) is 0.364. The molecule has 0 aliphatic carbocycles. The van der Waals surface area contributed by atoms with Gasteiger partial charge in [0.15, 0.2) is 0 Å². The van der Waals surface area contributed by atoms with Crippen LogP contribution in [0.2, 0.25) is 0 Å². The molecule has 0 amide bonds. The van der Waals surface area contributed by atoms with Gasteiger partial charge in [-0.05, 0) is 75.1 Å². The highest BCUT2D eigenvalue weighted by Crippen LogP contribution is 2.23. The fourth-order valence-electron chi connectivity index (χ4n) is 3.19. The summed E-state index contributed by atoms with van der Waals surface area (Å²) in [4.78, 5) is 3.51. The van der Waals surface area contributed by atoms with Crippen LogP contribution in [0.3, 0.4) is 0 Å². The molecule has 1 aliphatic heterocycles. The Balaban J connectivity index is 0.000000290. The summed E-state index contributed by atoms with van der Waals surface area (Å²) in [5, 5.41) is 6.98. The van der Waals surface area contributed by atoms with E-state index < -0.39 is 12.3 Å². The van der Waals surface area contributed by atoms with E-state index in [1.165, 1.54) is 31.5 Å². The van der Waals surface area contributed by atoms with Crippen molar-refractivity contribution in [2.24, 2.45) is 0 Å². The van der Waals surface area contributed by atoms with Crippen LogP contribution in [0.25, 0.3) is 11.5 Å². The summed E-state index contributed by atoms with van der Waals surface area (Å²) in [6.07, 6.45) is 2.06. The Morgan fingerprint density at radius 1 is 0.966 bits per heavy atom. The average molecular weight is 418 g/mol. The standard InChI is InChI=1S/C16H19F2N3O.C6H6S/c17-14(18)16-20-19-15(22-16)13-7-5-12(6-8-13)4-3-11-21-9-1-2-10-21;7-6-4-2-1-3-5-6/h5-8,14H,1-4,9-11H2;1-5,7H. The highest BCUT2D eigenvalue weighted by Gasteiger charge is 2.16. The minimum Gasteiger partial charge on any atom is -0.415 e. The van der Waals surface area contributed by atoms with Crippen molar-refractivity contribution in [1.29, 1.82) is 0 Å². The fourth-order valence-corrected chi connectivity index (χ4v) is 3.37. The van der Waals surface area contributed by atoms with E-state index in [-0.39, 0.29) is 5.89 Å². The number of benzene rings is 2. The summed E-state index contributed by atoms with van der Waals surface area (Å²) in [5.41, 5.74) is 1.90. The number of thiol groups is 1. The van der Waals surface area contributed by atoms with E-state index in [0.717, 1.165) is 24.3 Å². The molecule has 4 nitrogen and oxygen atoms in total. The van der Waals surface area contributed by atoms with Gasteiger partial charge < -0.3 is 9.32 Å². The van der Waals surface area contributed by atoms with Crippen LogP contribution in [0.5, 0.6) is 0 Å². The molecule has 0 saturated carbocycles. The second-order valence-electron chi connectivity index (χ2n) is 6.93. The summed E-state index contributed by atoms with van der Waals surface area (Å²) in [7, 11) is 0. The molecule has 29 heavy (non-hydrogen) atoms. The van der Waals surface area contributed by atoms with Crippen molar-refractivity contribution in [1.82, 2.24) is 15.1 Å². The second-order valence-corrected chi connectivity index (χ2v) is 7.45. The van der Waals surface area contributed by atoms with Crippen molar-refractivity contribution >= 4 is 12.6 Å². The van der Waals surface area contributed by atoms with E-state index in [1.54, 1.807) is 0 Å². The van der Waals surface area contributed by atoms with E-state index in [9.17, 15) is 8.78 Å². The Labute approximate surface area is 175 Å². The lowest BCUT2D eigenvalue weighted by molar-refractivity contribution is 0.116. The summed E-state index contributed by atoms with van der Waals surface area (Å²) >= 11 is 4.08. The van der Waals surface area contributed by atoms with Crippen LogP contribution in [0.1, 0.15) is 37.1 Å². The molecule has 2 aromatic carbocycles. The molecule has 0 radical (unpaired) electrons. The van der Waals surface area contributed by atoms with Crippen molar-refractivity contribution in [3.63, 3.8) is 0 Å². The molecule has 1 aromatic heterocycles. The van der Waals surface area contributed by atoms with Crippen LogP contribution in [0.15, 0.2) is 63.9 Å². The zero-order valence-corrected chi connectivity index (χ0v) is 17.1. The van der Waals surface area contributed by atoms with Gasteiger partial charge in [-0.15, -0.1) is 22.8 Å². The van der Waals surface area contributed by atoms with Gasteiger partial charge in [0.25, 0.3) is 5.89 Å². The first-order chi connectivity index (χ1) is 14.1. The summed E-state index contributed by atoms with van der Waals surface area (Å²) in [6.45, 7) is 3.59. The molecule has 0 unspecified atom stereocenters. The molecule has 0 bridgehead atoms. The number of hydrogen-bond acceptors (Lipinski definition) is 5. The van der Waals surface area contributed by atoms with E-state index in [0.29, 0.717) is 5.56 Å². The monoisotopic (exact) mass is 417 g/mol. The maximum Gasteiger partial charge on any atom is 0.314 e. The van der Waals surface area contributed by atoms with E-state index in [4.69, 9.17) is 4.42 Å². The molecule has 3 aromatic rings. The molecule has 0 atom stereocenters. The van der Waals surface area contributed by atoms with Crippen molar-refractivity contribution in [2.45, 2.75) is 37.0 Å². The normalized spacial score (nSPS) is 14.1. The maximum atomic E-state index is 12.4. The van der Waals surface area contributed by atoms with Crippen LogP contribution in [-0.4, -0.2) is 34.7 Å². The third-order valence-corrected chi connectivity index (χ3v) is 5.02. The number of likely N-dealkylation sites (tertiary alicyclic amines) is 1. The number of hydrogen-bond donors (Lipinski definition) is 1. The molecular formula is C22H25F2N3OS. The van der Waals surface area contributed by atoms with Crippen molar-refractivity contribution in [3.8, 4) is 11.5 Å². The molecule has 1 saturated heterocycles. The predicted octanol–water partition coefficient (Wildman–Crippen LogP) is 5.68. The van der Waals surface area contributed by atoms with Crippen LogP contribution >= 0.6 is 12.6 Å². The number of alkyl halides is 2. The zero-order valence-electron chi connectivity index (χ0n) is 16.2. The minimum absolute atomic E-state index is 0.138. The van der Waals surface area contributed by atoms with Crippen LogP contribution in [0.4, 0.5) is 8.78 Å². The summed E-state index contributed by atoms with van der Waals surface area (Å²) < 4.78 is 29.8. The first-order valence-corrected chi connectivity index (χ1v) is 10.2. The Morgan fingerprint density at radius 2 is 1.66 bits per heavy atom. The first-order valence-electron chi connectivity index (χ1n) is 9.79. The predicted molar refractivity (Wildman–Crippen MR) is 112 cm³/mol. The van der Waals surface area contributed by atoms with Crippen molar-refractivity contribution in [2.75, 3.05) is 19.6 Å². The van der Waals surface area contributed by atoms with Crippen LogP contribution in [-0.2, 0) is 6.42 Å². The summed E-state index contributed by atoms with van der Waals surface area (Å²) in [5.74, 6) is -0.497. The molecular weight excluding hydrogens is 392 g/mol. The molecule has 1 fully saturated rings. The van der Waals surface area contributed by atoms with Crippen molar-refractivity contribution in [3.05, 3.63) is 66.1 Å². The highest BCUT2D eigenvalue weighted by molar-refractivity contribution is 7.80. The van der Waals surface area contributed by atoms with Gasteiger partial charge >= 0.3 is 6.43 Å². The lowest BCUT2D eigenvalue weighted by Crippen LogP contribution is -2.20. The van der Waals surface area contributed by atoms with Gasteiger partial charge in [-0.1, -0.05) is 30.3 Å². The Morgan fingerprint density at radius 3 is 2.21 bits per heavy atom. The van der Waals surface area contributed by atoms with Crippen LogP contribution in [0, 0.1) is 0 Å². The number of halogens is 2. The Bertz CT molecular complexity index is 850. The average Bonchev–Trinajstić information content (AvgIpc) is 3.42. The molecule has 0 N–H and O–H groups in total. The number of nitrogens with zero attached hydrogens (tertiary/aromatic N) is 3. The molecule has 154 valence electrons. The molecule has 1 aliphatic rings. The molecule has 2 heterocycles. The van der Waals surface area contributed by atoms with Gasteiger partial charge in [-0.25, -0.2) is 0 Å². The topological polar surface area (TPSA) is 42.2 Å². The number of aromatic nitrogens is 2.